The third-order valence-electron chi connectivity index (χ3n) is 4.74. The van der Waals surface area contributed by atoms with Crippen molar-refractivity contribution in [3.63, 3.8) is 0 Å². The predicted octanol–water partition coefficient (Wildman–Crippen LogP) is 3.07. The fourth-order valence-electron chi connectivity index (χ4n) is 3.33. The van der Waals surface area contributed by atoms with E-state index in [-0.39, 0.29) is 6.29 Å². The predicted molar refractivity (Wildman–Crippen MR) is 60.5 cm³/mol. The van der Waals surface area contributed by atoms with E-state index in [1.807, 2.05) is 0 Å². The molecule has 0 bridgehead atoms. The number of hydrogen-bond acceptors (Lipinski definition) is 2. The average molecular weight is 212 g/mol. The third-order valence-corrected chi connectivity index (χ3v) is 4.74. The van der Waals surface area contributed by atoms with Gasteiger partial charge in [0.25, 0.3) is 0 Å². The molecule has 2 aliphatic rings. The van der Waals surface area contributed by atoms with Crippen LogP contribution < -0.4 is 0 Å². The van der Waals surface area contributed by atoms with Crippen molar-refractivity contribution in [2.45, 2.75) is 46.8 Å². The Balaban J connectivity index is 2.16. The van der Waals surface area contributed by atoms with Crippen molar-refractivity contribution in [3.05, 3.63) is 0 Å². The Morgan fingerprint density at radius 2 is 1.60 bits per heavy atom. The highest BCUT2D eigenvalue weighted by Gasteiger charge is 2.47. The molecule has 0 aromatic rings. The Bertz CT molecular complexity index is 219. The molecule has 1 heterocycles. The largest absolute Gasteiger partial charge is 0.350 e. The van der Waals surface area contributed by atoms with Gasteiger partial charge in [0.2, 0.25) is 0 Å². The van der Waals surface area contributed by atoms with Gasteiger partial charge in [-0.3, -0.25) is 0 Å². The molecule has 0 aromatic carbocycles. The van der Waals surface area contributed by atoms with Gasteiger partial charge in [0, 0.05) is 5.92 Å². The van der Waals surface area contributed by atoms with Gasteiger partial charge in [-0.05, 0) is 30.1 Å². The molecule has 0 radical (unpaired) electrons. The Morgan fingerprint density at radius 3 is 2.20 bits per heavy atom. The molecule has 2 fully saturated rings. The van der Waals surface area contributed by atoms with Crippen molar-refractivity contribution >= 4 is 0 Å². The summed E-state index contributed by atoms with van der Waals surface area (Å²) in [5, 5.41) is 0. The molecule has 1 aliphatic carbocycles. The highest BCUT2D eigenvalue weighted by atomic mass is 16.7. The van der Waals surface area contributed by atoms with Gasteiger partial charge < -0.3 is 9.47 Å². The second-order valence-corrected chi connectivity index (χ2v) is 5.91. The molecule has 3 atom stereocenters. The molecule has 1 saturated carbocycles. The van der Waals surface area contributed by atoms with E-state index in [0.717, 1.165) is 25.0 Å². The monoisotopic (exact) mass is 212 g/mol. The lowest BCUT2D eigenvalue weighted by Crippen LogP contribution is -2.46. The normalized spacial score (nSPS) is 42.0. The zero-order chi connectivity index (χ0) is 11.1. The first-order valence-corrected chi connectivity index (χ1v) is 6.26. The summed E-state index contributed by atoms with van der Waals surface area (Å²) >= 11 is 0. The average Bonchev–Trinajstić information content (AvgIpc) is 2.65. The summed E-state index contributed by atoms with van der Waals surface area (Å²) < 4.78 is 11.4. The molecule has 88 valence electrons. The van der Waals surface area contributed by atoms with Gasteiger partial charge in [0.1, 0.15) is 0 Å². The number of ether oxygens (including phenoxy) is 2. The van der Waals surface area contributed by atoms with E-state index in [1.54, 1.807) is 0 Å². The van der Waals surface area contributed by atoms with Crippen LogP contribution >= 0.6 is 0 Å². The topological polar surface area (TPSA) is 18.5 Å². The fourth-order valence-corrected chi connectivity index (χ4v) is 3.33. The van der Waals surface area contributed by atoms with Crippen LogP contribution in [0.3, 0.4) is 0 Å². The summed E-state index contributed by atoms with van der Waals surface area (Å²) in [7, 11) is 0. The summed E-state index contributed by atoms with van der Waals surface area (Å²) in [6.45, 7) is 11.0. The van der Waals surface area contributed by atoms with Crippen molar-refractivity contribution in [1.82, 2.24) is 0 Å². The van der Waals surface area contributed by atoms with E-state index < -0.39 is 0 Å². The number of rotatable bonds is 1. The molecule has 0 amide bonds. The minimum Gasteiger partial charge on any atom is -0.350 e. The van der Waals surface area contributed by atoms with Crippen LogP contribution in [0.15, 0.2) is 0 Å². The Morgan fingerprint density at radius 1 is 1.00 bits per heavy atom. The maximum absolute atomic E-state index is 5.72. The van der Waals surface area contributed by atoms with E-state index in [4.69, 9.17) is 9.47 Å². The van der Waals surface area contributed by atoms with Crippen LogP contribution in [0.1, 0.15) is 40.5 Å². The molecule has 1 aliphatic heterocycles. The maximum atomic E-state index is 5.72. The minimum atomic E-state index is 0.0535. The summed E-state index contributed by atoms with van der Waals surface area (Å²) in [4.78, 5) is 0. The summed E-state index contributed by atoms with van der Waals surface area (Å²) in [5.41, 5.74) is 0.340. The van der Waals surface area contributed by atoms with Gasteiger partial charge in [0.05, 0.1) is 13.2 Å². The van der Waals surface area contributed by atoms with Crippen molar-refractivity contribution in [1.29, 1.82) is 0 Å². The summed E-state index contributed by atoms with van der Waals surface area (Å²) in [5.74, 6) is 2.05. The van der Waals surface area contributed by atoms with E-state index >= 15 is 0 Å². The van der Waals surface area contributed by atoms with Crippen LogP contribution in [-0.2, 0) is 9.47 Å². The second-order valence-electron chi connectivity index (χ2n) is 5.91. The highest BCUT2D eigenvalue weighted by molar-refractivity contribution is 4.92. The molecule has 2 heteroatoms. The SMILES string of the molecule is C[C@@H]1CC[C@H](C)[C@@H](C2OCCO2)C1(C)C. The summed E-state index contributed by atoms with van der Waals surface area (Å²) in [6, 6.07) is 0. The molecular weight excluding hydrogens is 188 g/mol. The van der Waals surface area contributed by atoms with E-state index in [1.165, 1.54) is 12.8 Å². The zero-order valence-corrected chi connectivity index (χ0v) is 10.5. The molecule has 0 N–H and O–H groups in total. The minimum absolute atomic E-state index is 0.0535. The fraction of sp³-hybridized carbons (Fsp3) is 1.00. The van der Waals surface area contributed by atoms with Gasteiger partial charge in [-0.2, -0.15) is 0 Å². The smallest absolute Gasteiger partial charge is 0.161 e. The summed E-state index contributed by atoms with van der Waals surface area (Å²) in [6.07, 6.45) is 2.72. The Kier molecular flexibility index (Phi) is 3.09. The zero-order valence-electron chi connectivity index (χ0n) is 10.5. The van der Waals surface area contributed by atoms with Crippen LogP contribution in [-0.4, -0.2) is 19.5 Å². The van der Waals surface area contributed by atoms with Gasteiger partial charge in [0.15, 0.2) is 6.29 Å². The van der Waals surface area contributed by atoms with Crippen molar-refractivity contribution in [3.8, 4) is 0 Å². The van der Waals surface area contributed by atoms with Gasteiger partial charge >= 0.3 is 0 Å². The molecule has 2 nitrogen and oxygen atoms in total. The molecular formula is C13H24O2. The molecule has 1 saturated heterocycles. The standard InChI is InChI=1S/C13H24O2/c1-9-5-6-10(2)13(3,4)11(9)12-14-7-8-15-12/h9-12H,5-8H2,1-4H3/t9-,10+,11-/m0/s1. The van der Waals surface area contributed by atoms with Gasteiger partial charge in [-0.15, -0.1) is 0 Å². The van der Waals surface area contributed by atoms with E-state index in [0.29, 0.717) is 11.3 Å². The first-order chi connectivity index (χ1) is 7.03. The Hall–Kier alpha value is -0.0800. The molecule has 0 spiro atoms. The van der Waals surface area contributed by atoms with Gasteiger partial charge in [-0.1, -0.05) is 27.7 Å². The maximum Gasteiger partial charge on any atom is 0.161 e. The van der Waals surface area contributed by atoms with E-state index in [9.17, 15) is 0 Å². The van der Waals surface area contributed by atoms with Crippen LogP contribution in [0.2, 0.25) is 0 Å². The number of hydrogen-bond donors (Lipinski definition) is 0. The second kappa shape index (κ2) is 4.06. The van der Waals surface area contributed by atoms with Crippen LogP contribution in [0.5, 0.6) is 0 Å². The first kappa shape index (κ1) is 11.4. The van der Waals surface area contributed by atoms with Crippen LogP contribution in [0.4, 0.5) is 0 Å². The van der Waals surface area contributed by atoms with Crippen LogP contribution in [0.25, 0.3) is 0 Å². The molecule has 0 unspecified atom stereocenters. The third kappa shape index (κ3) is 1.94. The van der Waals surface area contributed by atoms with Crippen molar-refractivity contribution in [2.75, 3.05) is 13.2 Å². The lowest BCUT2D eigenvalue weighted by atomic mass is 9.59. The first-order valence-electron chi connectivity index (χ1n) is 6.26. The highest BCUT2D eigenvalue weighted by Crippen LogP contribution is 2.50. The Labute approximate surface area is 93.3 Å². The molecule has 2 rings (SSSR count). The molecule has 0 aromatic heterocycles. The molecule has 15 heavy (non-hydrogen) atoms. The lowest BCUT2D eigenvalue weighted by Gasteiger charge is -2.48. The van der Waals surface area contributed by atoms with Crippen molar-refractivity contribution < 1.29 is 9.47 Å². The van der Waals surface area contributed by atoms with Gasteiger partial charge in [-0.25, -0.2) is 0 Å². The van der Waals surface area contributed by atoms with Crippen molar-refractivity contribution in [2.24, 2.45) is 23.2 Å². The van der Waals surface area contributed by atoms with Crippen LogP contribution in [0, 0.1) is 23.2 Å². The van der Waals surface area contributed by atoms with E-state index in [2.05, 4.69) is 27.7 Å². The lowest BCUT2D eigenvalue weighted by molar-refractivity contribution is -0.157. The quantitative estimate of drug-likeness (QED) is 0.665.